The van der Waals surface area contributed by atoms with Crippen LogP contribution >= 0.6 is 0 Å². The molecule has 0 radical (unpaired) electrons. The van der Waals surface area contributed by atoms with Crippen molar-refractivity contribution in [1.29, 1.82) is 0 Å². The predicted octanol–water partition coefficient (Wildman–Crippen LogP) is 4.45. The Morgan fingerprint density at radius 1 is 0.964 bits per heavy atom. The third kappa shape index (κ3) is 2.72. The fourth-order valence-corrected chi connectivity index (χ4v) is 7.84. The number of fused-ring (bicyclic) bond motifs is 5. The van der Waals surface area contributed by atoms with Crippen LogP contribution < -0.4 is 0 Å². The van der Waals surface area contributed by atoms with Gasteiger partial charge in [-0.05, 0) is 88.1 Å². The molecule has 0 bridgehead atoms. The lowest BCUT2D eigenvalue weighted by molar-refractivity contribution is -0.104. The van der Waals surface area contributed by atoms with Crippen molar-refractivity contribution in [3.05, 3.63) is 23.3 Å². The van der Waals surface area contributed by atoms with Crippen LogP contribution in [-0.2, 0) is 0 Å². The molecule has 0 aromatic carbocycles. The van der Waals surface area contributed by atoms with E-state index in [1.165, 1.54) is 44.3 Å². The van der Waals surface area contributed by atoms with Crippen molar-refractivity contribution in [2.75, 3.05) is 19.6 Å². The molecular weight excluding hydrogens is 346 g/mol. The Bertz CT molecular complexity index is 693. The molecule has 4 fully saturated rings. The van der Waals surface area contributed by atoms with Gasteiger partial charge < -0.3 is 15.1 Å². The third-order valence-electron chi connectivity index (χ3n) is 9.80. The Morgan fingerprint density at radius 3 is 2.50 bits per heavy atom. The summed E-state index contributed by atoms with van der Waals surface area (Å²) in [5.74, 6) is 1.15. The first-order valence-electron chi connectivity index (χ1n) is 11.9. The van der Waals surface area contributed by atoms with Gasteiger partial charge in [-0.1, -0.05) is 43.6 Å². The van der Waals surface area contributed by atoms with E-state index in [1.54, 1.807) is 5.57 Å². The minimum Gasteiger partial charge on any atom is -0.393 e. The summed E-state index contributed by atoms with van der Waals surface area (Å²) in [5.41, 5.74) is 2.83. The molecule has 6 atom stereocenters. The molecule has 5 aliphatic rings. The van der Waals surface area contributed by atoms with E-state index in [0.717, 1.165) is 45.1 Å². The van der Waals surface area contributed by atoms with Crippen LogP contribution in [0.15, 0.2) is 23.3 Å². The van der Waals surface area contributed by atoms with Crippen molar-refractivity contribution in [2.45, 2.75) is 89.8 Å². The molecule has 0 spiro atoms. The Balaban J connectivity index is 1.43. The van der Waals surface area contributed by atoms with Gasteiger partial charge in [0.1, 0.15) is 0 Å². The molecule has 3 nitrogen and oxygen atoms in total. The second kappa shape index (κ2) is 6.68. The standard InChI is InChI=1S/C25H39NO2/c1-23-11-8-19(27)16-18(23)6-7-20-21(23)9-12-24(2)22(20)10-13-25(24,28)17-26-14-4-3-5-15-26/h6-7,19,21-22,27-28H,3-5,8-17H2,1-2H3/t19-,21-,22-,23-,24-,25+/m0/s1. The van der Waals surface area contributed by atoms with Gasteiger partial charge in [-0.2, -0.15) is 0 Å². The normalized spacial score (nSPS) is 48.9. The Hall–Kier alpha value is -0.640. The zero-order valence-electron chi connectivity index (χ0n) is 17.9. The van der Waals surface area contributed by atoms with Crippen LogP contribution in [0.5, 0.6) is 0 Å². The Kier molecular flexibility index (Phi) is 4.61. The van der Waals surface area contributed by atoms with Gasteiger partial charge in [-0.3, -0.25) is 0 Å². The van der Waals surface area contributed by atoms with E-state index in [2.05, 4.69) is 30.9 Å². The minimum absolute atomic E-state index is 0.0165. The van der Waals surface area contributed by atoms with Gasteiger partial charge in [0.15, 0.2) is 0 Å². The van der Waals surface area contributed by atoms with Crippen LogP contribution in [0.4, 0.5) is 0 Å². The molecule has 3 heteroatoms. The number of likely N-dealkylation sites (tertiary alicyclic amines) is 1. The van der Waals surface area contributed by atoms with Crippen LogP contribution in [0, 0.1) is 22.7 Å². The van der Waals surface area contributed by atoms with Gasteiger partial charge in [0.25, 0.3) is 0 Å². The maximum atomic E-state index is 11.9. The summed E-state index contributed by atoms with van der Waals surface area (Å²) in [4.78, 5) is 2.54. The summed E-state index contributed by atoms with van der Waals surface area (Å²) in [7, 11) is 0. The van der Waals surface area contributed by atoms with Crippen LogP contribution in [0.2, 0.25) is 0 Å². The lowest BCUT2D eigenvalue weighted by atomic mass is 9.50. The number of hydrogen-bond acceptors (Lipinski definition) is 3. The molecule has 0 aromatic rings. The number of allylic oxidation sites excluding steroid dienone is 3. The monoisotopic (exact) mass is 385 g/mol. The third-order valence-corrected chi connectivity index (χ3v) is 9.80. The quantitative estimate of drug-likeness (QED) is 0.738. The number of piperidine rings is 1. The molecule has 5 rings (SSSR count). The van der Waals surface area contributed by atoms with Gasteiger partial charge in [0.05, 0.1) is 11.7 Å². The summed E-state index contributed by atoms with van der Waals surface area (Å²) < 4.78 is 0. The smallest absolute Gasteiger partial charge is 0.0833 e. The minimum atomic E-state index is -0.533. The topological polar surface area (TPSA) is 43.7 Å². The first-order valence-corrected chi connectivity index (χ1v) is 11.9. The molecule has 3 saturated carbocycles. The van der Waals surface area contributed by atoms with E-state index in [1.807, 2.05) is 0 Å². The maximum absolute atomic E-state index is 11.9. The van der Waals surface area contributed by atoms with Gasteiger partial charge >= 0.3 is 0 Å². The summed E-state index contributed by atoms with van der Waals surface area (Å²) >= 11 is 0. The zero-order valence-corrected chi connectivity index (χ0v) is 17.9. The molecule has 156 valence electrons. The fourth-order valence-electron chi connectivity index (χ4n) is 7.84. The average Bonchev–Trinajstić information content (AvgIpc) is 2.94. The molecule has 1 aliphatic heterocycles. The number of aliphatic hydroxyl groups is 2. The number of rotatable bonds is 2. The number of aliphatic hydroxyl groups excluding tert-OH is 1. The van der Waals surface area contributed by atoms with Crippen molar-refractivity contribution >= 4 is 0 Å². The van der Waals surface area contributed by atoms with Crippen molar-refractivity contribution in [3.63, 3.8) is 0 Å². The molecule has 1 heterocycles. The van der Waals surface area contributed by atoms with Crippen molar-refractivity contribution in [1.82, 2.24) is 4.90 Å². The van der Waals surface area contributed by atoms with E-state index < -0.39 is 5.60 Å². The van der Waals surface area contributed by atoms with Crippen LogP contribution in [-0.4, -0.2) is 46.5 Å². The van der Waals surface area contributed by atoms with Gasteiger partial charge in [0, 0.05) is 12.0 Å². The highest BCUT2D eigenvalue weighted by Gasteiger charge is 2.62. The fraction of sp³-hybridized carbons (Fsp3) is 0.840. The molecule has 0 unspecified atom stereocenters. The van der Waals surface area contributed by atoms with E-state index in [4.69, 9.17) is 0 Å². The highest BCUT2D eigenvalue weighted by atomic mass is 16.3. The zero-order chi connectivity index (χ0) is 19.6. The van der Waals surface area contributed by atoms with E-state index in [-0.39, 0.29) is 16.9 Å². The lowest BCUT2D eigenvalue weighted by Crippen LogP contribution is -2.56. The summed E-state index contributed by atoms with van der Waals surface area (Å²) in [6, 6.07) is 0. The second-order valence-electron chi connectivity index (χ2n) is 11.1. The summed E-state index contributed by atoms with van der Waals surface area (Å²) in [6.45, 7) is 8.07. The number of hydrogen-bond donors (Lipinski definition) is 2. The first-order chi connectivity index (χ1) is 13.4. The van der Waals surface area contributed by atoms with Crippen molar-refractivity contribution in [2.24, 2.45) is 22.7 Å². The van der Waals surface area contributed by atoms with E-state index in [9.17, 15) is 10.2 Å². The van der Waals surface area contributed by atoms with Crippen molar-refractivity contribution < 1.29 is 10.2 Å². The average molecular weight is 386 g/mol. The maximum Gasteiger partial charge on any atom is 0.0833 e. The highest BCUT2D eigenvalue weighted by molar-refractivity contribution is 5.39. The molecule has 4 aliphatic carbocycles. The molecule has 2 N–H and O–H groups in total. The molecule has 1 saturated heterocycles. The number of β-amino-alcohol motifs (C(OH)–C–C–N with tert-alkyl or cyclic N) is 1. The van der Waals surface area contributed by atoms with Gasteiger partial charge in [-0.15, -0.1) is 0 Å². The predicted molar refractivity (Wildman–Crippen MR) is 113 cm³/mol. The van der Waals surface area contributed by atoms with E-state index >= 15 is 0 Å². The number of nitrogens with zero attached hydrogens (tertiary/aromatic N) is 1. The molecule has 0 amide bonds. The van der Waals surface area contributed by atoms with Crippen LogP contribution in [0.3, 0.4) is 0 Å². The van der Waals surface area contributed by atoms with Gasteiger partial charge in [-0.25, -0.2) is 0 Å². The van der Waals surface area contributed by atoms with Gasteiger partial charge in [0.2, 0.25) is 0 Å². The summed E-state index contributed by atoms with van der Waals surface area (Å²) in [5, 5.41) is 22.1. The van der Waals surface area contributed by atoms with E-state index in [0.29, 0.717) is 11.8 Å². The Morgan fingerprint density at radius 2 is 1.71 bits per heavy atom. The Labute approximate surface area is 170 Å². The molecular formula is C25H39NO2. The first kappa shape index (κ1) is 19.3. The lowest BCUT2D eigenvalue weighted by Gasteiger charge is -2.56. The van der Waals surface area contributed by atoms with Crippen molar-refractivity contribution in [3.8, 4) is 0 Å². The SMILES string of the molecule is C[C@]12CC[C@H](O)CC1=CC=C1[C@@H]2CC[C@@]2(C)[C@H]1CC[C@@]2(O)CN1CCCCC1. The second-order valence-corrected chi connectivity index (χ2v) is 11.1. The van der Waals surface area contributed by atoms with Crippen LogP contribution in [0.25, 0.3) is 0 Å². The molecule has 0 aromatic heterocycles. The van der Waals surface area contributed by atoms with Crippen LogP contribution in [0.1, 0.15) is 78.1 Å². The molecule has 28 heavy (non-hydrogen) atoms. The summed E-state index contributed by atoms with van der Waals surface area (Å²) in [6.07, 6.45) is 15.9. The highest BCUT2D eigenvalue weighted by Crippen LogP contribution is 2.66. The largest absolute Gasteiger partial charge is 0.393 e.